The molecule has 1 amide bonds. The van der Waals surface area contributed by atoms with Crippen molar-refractivity contribution in [1.82, 2.24) is 4.90 Å². The second kappa shape index (κ2) is 7.01. The average molecular weight is 408 g/mol. The molecular weight excluding hydrogens is 396 g/mol. The molecule has 0 unspecified atom stereocenters. The number of carbonyl (C=O) groups is 1. The van der Waals surface area contributed by atoms with Gasteiger partial charge in [0, 0.05) is 18.1 Å². The molecule has 0 bridgehead atoms. The van der Waals surface area contributed by atoms with Crippen LogP contribution < -0.4 is 0 Å². The molecule has 0 saturated carbocycles. The zero-order valence-electron chi connectivity index (χ0n) is 11.0. The molecule has 0 radical (unpaired) electrons. The summed E-state index contributed by atoms with van der Waals surface area (Å²) in [5.74, 6) is -0.160. The first-order chi connectivity index (χ1) is 9.90. The molecule has 0 spiro atoms. The lowest BCUT2D eigenvalue weighted by molar-refractivity contribution is 0.0785. The lowest BCUT2D eigenvalue weighted by atomic mass is 10.1. The summed E-state index contributed by atoms with van der Waals surface area (Å²) >= 11 is 21.3. The van der Waals surface area contributed by atoms with Crippen molar-refractivity contribution in [2.24, 2.45) is 0 Å². The van der Waals surface area contributed by atoms with Crippen LogP contribution in [0.2, 0.25) is 15.1 Å². The van der Waals surface area contributed by atoms with Crippen molar-refractivity contribution in [3.05, 3.63) is 67.1 Å². The molecule has 0 N–H and O–H groups in total. The largest absolute Gasteiger partial charge is 0.337 e. The van der Waals surface area contributed by atoms with E-state index < -0.39 is 0 Å². The second-order valence-corrected chi connectivity index (χ2v) is 6.56. The van der Waals surface area contributed by atoms with Crippen molar-refractivity contribution >= 4 is 56.6 Å². The predicted octanol–water partition coefficient (Wildman–Crippen LogP) is 5.68. The summed E-state index contributed by atoms with van der Waals surface area (Å²) in [6.07, 6.45) is 0. The van der Waals surface area contributed by atoms with Gasteiger partial charge in [0.25, 0.3) is 5.91 Å². The molecule has 2 aromatic carbocycles. The summed E-state index contributed by atoms with van der Waals surface area (Å²) < 4.78 is 0.693. The van der Waals surface area contributed by atoms with Crippen LogP contribution in [0, 0.1) is 0 Å². The third-order valence-electron chi connectivity index (χ3n) is 2.93. The lowest BCUT2D eigenvalue weighted by Gasteiger charge is -2.18. The van der Waals surface area contributed by atoms with Crippen LogP contribution in [0.5, 0.6) is 0 Å². The van der Waals surface area contributed by atoms with Crippen LogP contribution in [-0.4, -0.2) is 17.9 Å². The summed E-state index contributed by atoms with van der Waals surface area (Å²) in [4.78, 5) is 14.0. The van der Waals surface area contributed by atoms with Crippen LogP contribution in [0.15, 0.2) is 40.9 Å². The van der Waals surface area contributed by atoms with Gasteiger partial charge < -0.3 is 4.90 Å². The quantitative estimate of drug-likeness (QED) is 0.641. The second-order valence-electron chi connectivity index (χ2n) is 4.51. The van der Waals surface area contributed by atoms with Crippen LogP contribution in [0.4, 0.5) is 0 Å². The summed E-state index contributed by atoms with van der Waals surface area (Å²) in [6, 6.07) is 10.6. The van der Waals surface area contributed by atoms with Crippen LogP contribution in [0.25, 0.3) is 0 Å². The number of rotatable bonds is 3. The van der Waals surface area contributed by atoms with Gasteiger partial charge in [-0.05, 0) is 45.8 Å². The van der Waals surface area contributed by atoms with Gasteiger partial charge in [0.1, 0.15) is 0 Å². The normalized spacial score (nSPS) is 10.5. The topological polar surface area (TPSA) is 20.3 Å². The van der Waals surface area contributed by atoms with E-state index in [1.165, 1.54) is 0 Å². The SMILES string of the molecule is CN(Cc1ccc(Cl)c(Cl)c1)C(=O)c1cccc(Br)c1Cl. The molecule has 21 heavy (non-hydrogen) atoms. The van der Waals surface area contributed by atoms with Gasteiger partial charge in [-0.25, -0.2) is 0 Å². The van der Waals surface area contributed by atoms with E-state index in [0.29, 0.717) is 31.6 Å². The number of nitrogens with zero attached hydrogens (tertiary/aromatic N) is 1. The molecule has 0 heterocycles. The Kier molecular flexibility index (Phi) is 5.55. The number of halogens is 4. The molecule has 2 nitrogen and oxygen atoms in total. The highest BCUT2D eigenvalue weighted by molar-refractivity contribution is 9.10. The highest BCUT2D eigenvalue weighted by atomic mass is 79.9. The maximum absolute atomic E-state index is 12.4. The minimum Gasteiger partial charge on any atom is -0.337 e. The van der Waals surface area contributed by atoms with E-state index in [1.54, 1.807) is 42.3 Å². The van der Waals surface area contributed by atoms with E-state index in [4.69, 9.17) is 34.8 Å². The van der Waals surface area contributed by atoms with E-state index in [0.717, 1.165) is 5.56 Å². The molecule has 0 fully saturated rings. The van der Waals surface area contributed by atoms with Gasteiger partial charge in [-0.1, -0.05) is 46.9 Å². The molecule has 0 aliphatic rings. The average Bonchev–Trinajstić information content (AvgIpc) is 2.45. The van der Waals surface area contributed by atoms with Gasteiger partial charge in [-0.15, -0.1) is 0 Å². The Balaban J connectivity index is 2.19. The van der Waals surface area contributed by atoms with Gasteiger partial charge >= 0.3 is 0 Å². The summed E-state index contributed by atoms with van der Waals surface area (Å²) in [6.45, 7) is 0.415. The van der Waals surface area contributed by atoms with E-state index in [9.17, 15) is 4.79 Å². The van der Waals surface area contributed by atoms with Crippen molar-refractivity contribution in [3.8, 4) is 0 Å². The smallest absolute Gasteiger partial charge is 0.255 e. The van der Waals surface area contributed by atoms with Crippen molar-refractivity contribution in [3.63, 3.8) is 0 Å². The first-order valence-electron chi connectivity index (χ1n) is 6.03. The Morgan fingerprint density at radius 1 is 1.14 bits per heavy atom. The fourth-order valence-corrected chi connectivity index (χ4v) is 2.75. The monoisotopic (exact) mass is 405 g/mol. The Morgan fingerprint density at radius 3 is 2.52 bits per heavy atom. The first kappa shape index (κ1) is 16.6. The third kappa shape index (κ3) is 3.92. The van der Waals surface area contributed by atoms with E-state index in [2.05, 4.69) is 15.9 Å². The van der Waals surface area contributed by atoms with Crippen molar-refractivity contribution in [1.29, 1.82) is 0 Å². The van der Waals surface area contributed by atoms with Crippen LogP contribution in [0.3, 0.4) is 0 Å². The van der Waals surface area contributed by atoms with E-state index in [1.807, 2.05) is 6.07 Å². The maximum Gasteiger partial charge on any atom is 0.255 e. The number of benzene rings is 2. The number of hydrogen-bond donors (Lipinski definition) is 0. The molecule has 0 aromatic heterocycles. The molecule has 0 saturated heterocycles. The fourth-order valence-electron chi connectivity index (χ4n) is 1.86. The third-order valence-corrected chi connectivity index (χ3v) is 4.97. The molecular formula is C15H11BrCl3NO. The molecule has 0 aliphatic carbocycles. The van der Waals surface area contributed by atoms with Crippen LogP contribution >= 0.6 is 50.7 Å². The minimum absolute atomic E-state index is 0.160. The summed E-state index contributed by atoms with van der Waals surface area (Å²) in [5.41, 5.74) is 1.35. The highest BCUT2D eigenvalue weighted by Gasteiger charge is 2.17. The molecule has 2 aromatic rings. The molecule has 110 valence electrons. The highest BCUT2D eigenvalue weighted by Crippen LogP contribution is 2.27. The zero-order valence-corrected chi connectivity index (χ0v) is 14.9. The Morgan fingerprint density at radius 2 is 1.86 bits per heavy atom. The van der Waals surface area contributed by atoms with Gasteiger partial charge in [-0.3, -0.25) is 4.79 Å². The van der Waals surface area contributed by atoms with Gasteiger partial charge in [-0.2, -0.15) is 0 Å². The summed E-state index contributed by atoms with van der Waals surface area (Å²) in [7, 11) is 1.71. The number of hydrogen-bond acceptors (Lipinski definition) is 1. The zero-order chi connectivity index (χ0) is 15.6. The minimum atomic E-state index is -0.160. The van der Waals surface area contributed by atoms with E-state index in [-0.39, 0.29) is 5.91 Å². The predicted molar refractivity (Wildman–Crippen MR) is 91.4 cm³/mol. The van der Waals surface area contributed by atoms with Crippen molar-refractivity contribution < 1.29 is 4.79 Å². The van der Waals surface area contributed by atoms with Gasteiger partial charge in [0.15, 0.2) is 0 Å². The van der Waals surface area contributed by atoms with Crippen molar-refractivity contribution in [2.75, 3.05) is 7.05 Å². The van der Waals surface area contributed by atoms with E-state index >= 15 is 0 Å². The van der Waals surface area contributed by atoms with Gasteiger partial charge in [0.2, 0.25) is 0 Å². The molecule has 0 atom stereocenters. The van der Waals surface area contributed by atoms with Crippen LogP contribution in [-0.2, 0) is 6.54 Å². The maximum atomic E-state index is 12.4. The lowest BCUT2D eigenvalue weighted by Crippen LogP contribution is -2.26. The van der Waals surface area contributed by atoms with Crippen LogP contribution in [0.1, 0.15) is 15.9 Å². The van der Waals surface area contributed by atoms with Gasteiger partial charge in [0.05, 0.1) is 20.6 Å². The van der Waals surface area contributed by atoms with Crippen molar-refractivity contribution in [2.45, 2.75) is 6.54 Å². The number of carbonyl (C=O) groups excluding carboxylic acids is 1. The molecule has 2 rings (SSSR count). The fraction of sp³-hybridized carbons (Fsp3) is 0.133. The molecule has 0 aliphatic heterocycles. The standard InChI is InChI=1S/C15H11BrCl3NO/c1-20(8-9-5-6-12(17)13(18)7-9)15(21)10-3-2-4-11(16)14(10)19/h2-7H,8H2,1H3. The Hall–Kier alpha value is -0.740. The first-order valence-corrected chi connectivity index (χ1v) is 7.96. The summed E-state index contributed by atoms with van der Waals surface area (Å²) in [5, 5.41) is 1.36. The molecule has 6 heteroatoms. The Bertz CT molecular complexity index is 691. The Labute approximate surface area is 146 Å². The number of amides is 1.